The average molecular weight is 403 g/mol. The zero-order chi connectivity index (χ0) is 20.9. The molecule has 2 aromatic rings. The molecule has 156 valence electrons. The minimum atomic E-state index is -0.348. The van der Waals surface area contributed by atoms with Gasteiger partial charge in [-0.05, 0) is 98.9 Å². The number of halogens is 1. The lowest BCUT2D eigenvalue weighted by Gasteiger charge is -2.41. The molecule has 2 fully saturated rings. The summed E-state index contributed by atoms with van der Waals surface area (Å²) in [7, 11) is 1.53. The van der Waals surface area contributed by atoms with Crippen molar-refractivity contribution in [3.63, 3.8) is 0 Å². The minimum absolute atomic E-state index is 0.348. The number of rotatable bonds is 3. The van der Waals surface area contributed by atoms with Crippen LogP contribution in [0.1, 0.15) is 68.1 Å². The van der Waals surface area contributed by atoms with E-state index in [1.165, 1.54) is 57.3 Å². The van der Waals surface area contributed by atoms with Crippen molar-refractivity contribution in [1.29, 1.82) is 0 Å². The van der Waals surface area contributed by atoms with Gasteiger partial charge in [-0.1, -0.05) is 36.1 Å². The van der Waals surface area contributed by atoms with Crippen molar-refractivity contribution in [1.82, 2.24) is 0 Å². The molecule has 1 nitrogen and oxygen atoms in total. The first-order valence-electron chi connectivity index (χ1n) is 11.2. The van der Waals surface area contributed by atoms with E-state index in [9.17, 15) is 4.39 Å². The van der Waals surface area contributed by atoms with Crippen LogP contribution in [0.25, 0.3) is 0 Å². The molecule has 2 heteroatoms. The van der Waals surface area contributed by atoms with Crippen LogP contribution in [0.2, 0.25) is 0 Å². The summed E-state index contributed by atoms with van der Waals surface area (Å²) < 4.78 is 19.1. The Kier molecular flexibility index (Phi) is 6.58. The summed E-state index contributed by atoms with van der Waals surface area (Å²) in [5.41, 5.74) is 2.76. The maximum absolute atomic E-state index is 14.1. The summed E-state index contributed by atoms with van der Waals surface area (Å²) in [6.07, 6.45) is 12.8. The van der Waals surface area contributed by atoms with Gasteiger partial charge in [-0.15, -0.1) is 0 Å². The summed E-state index contributed by atoms with van der Waals surface area (Å²) in [4.78, 5) is 0. The van der Waals surface area contributed by atoms with Crippen LogP contribution >= 0.6 is 0 Å². The zero-order valence-electron chi connectivity index (χ0n) is 18.0. The minimum Gasteiger partial charge on any atom is -0.497 e. The zero-order valence-corrected chi connectivity index (χ0v) is 18.0. The topological polar surface area (TPSA) is 9.23 Å². The number of methoxy groups -OCH3 is 1. The third kappa shape index (κ3) is 4.78. The van der Waals surface area contributed by atoms with Crippen molar-refractivity contribution in [3.05, 3.63) is 77.1 Å². The Hall–Kier alpha value is -2.53. The smallest absolute Gasteiger partial charge is 0.142 e. The second kappa shape index (κ2) is 9.52. The highest BCUT2D eigenvalue weighted by atomic mass is 19.1. The Bertz CT molecular complexity index is 947. The molecule has 0 spiro atoms. The highest BCUT2D eigenvalue weighted by molar-refractivity contribution is 5.45. The Morgan fingerprint density at radius 3 is 2.43 bits per heavy atom. The molecule has 4 atom stereocenters. The van der Waals surface area contributed by atoms with E-state index >= 15 is 0 Å². The third-order valence-corrected chi connectivity index (χ3v) is 7.02. The molecule has 0 heterocycles. The molecule has 2 aliphatic rings. The first-order chi connectivity index (χ1) is 14.7. The van der Waals surface area contributed by atoms with Gasteiger partial charge in [-0.3, -0.25) is 0 Å². The molecule has 0 N–H and O–H groups in total. The highest BCUT2D eigenvalue weighted by Gasteiger charge is 2.35. The van der Waals surface area contributed by atoms with Crippen LogP contribution in [-0.2, 0) is 0 Å². The Morgan fingerprint density at radius 2 is 1.70 bits per heavy atom. The lowest BCUT2D eigenvalue weighted by atomic mass is 9.64. The molecule has 2 aliphatic carbocycles. The van der Waals surface area contributed by atoms with Crippen molar-refractivity contribution in [2.45, 2.75) is 51.4 Å². The van der Waals surface area contributed by atoms with E-state index in [-0.39, 0.29) is 5.82 Å². The van der Waals surface area contributed by atoms with Gasteiger partial charge < -0.3 is 4.74 Å². The van der Waals surface area contributed by atoms with Crippen molar-refractivity contribution >= 4 is 0 Å². The second-order valence-corrected chi connectivity index (χ2v) is 8.85. The van der Waals surface area contributed by atoms with E-state index in [0.717, 1.165) is 23.3 Å². The van der Waals surface area contributed by atoms with Gasteiger partial charge in [0.1, 0.15) is 11.6 Å². The third-order valence-electron chi connectivity index (χ3n) is 7.02. The number of hydrogen-bond acceptors (Lipinski definition) is 1. The monoisotopic (exact) mass is 402 g/mol. The van der Waals surface area contributed by atoms with E-state index in [2.05, 4.69) is 55.2 Å². The fourth-order valence-corrected chi connectivity index (χ4v) is 5.38. The van der Waals surface area contributed by atoms with Gasteiger partial charge in [-0.25, -0.2) is 4.39 Å². The van der Waals surface area contributed by atoms with Gasteiger partial charge in [0.2, 0.25) is 0 Å². The molecular weight excluding hydrogens is 371 g/mol. The van der Waals surface area contributed by atoms with Crippen LogP contribution in [0, 0.1) is 35.4 Å². The van der Waals surface area contributed by atoms with Crippen LogP contribution in [0.5, 0.6) is 5.75 Å². The van der Waals surface area contributed by atoms with Gasteiger partial charge in [0, 0.05) is 11.6 Å². The molecule has 2 saturated carbocycles. The van der Waals surface area contributed by atoms with Crippen LogP contribution < -0.4 is 4.74 Å². The molecule has 4 unspecified atom stereocenters. The summed E-state index contributed by atoms with van der Waals surface area (Å²) in [5.74, 6) is 9.49. The first-order valence-corrected chi connectivity index (χ1v) is 11.2. The van der Waals surface area contributed by atoms with Crippen molar-refractivity contribution in [3.8, 4) is 17.6 Å². The quantitative estimate of drug-likeness (QED) is 0.393. The second-order valence-electron chi connectivity index (χ2n) is 8.85. The molecule has 0 radical (unpaired) electrons. The maximum atomic E-state index is 14.1. The van der Waals surface area contributed by atoms with Gasteiger partial charge in [0.15, 0.2) is 0 Å². The van der Waals surface area contributed by atoms with Gasteiger partial charge in [0.25, 0.3) is 0 Å². The van der Waals surface area contributed by atoms with E-state index in [4.69, 9.17) is 4.74 Å². The van der Waals surface area contributed by atoms with E-state index in [0.29, 0.717) is 17.2 Å². The molecule has 0 aliphatic heterocycles. The Morgan fingerprint density at radius 1 is 0.933 bits per heavy atom. The molecule has 0 saturated heterocycles. The number of allylic oxidation sites excluding steroid dienone is 2. The lowest BCUT2D eigenvalue weighted by Crippen LogP contribution is -2.30. The fourth-order valence-electron chi connectivity index (χ4n) is 5.38. The van der Waals surface area contributed by atoms with Gasteiger partial charge in [-0.2, -0.15) is 0 Å². The standard InChI is InChI=1S/C28H31FO/c1-3-4-21-8-12-26-18-25(14-13-24(26)17-21)22-9-5-20(6-10-22)7-11-23-15-16-27(30-2)19-28(23)29/h3-6,9-10,15-16,19,21,24-26H,8,12-14,17-18H2,1-2H3/b4-3+. The average Bonchev–Trinajstić information content (AvgIpc) is 2.78. The number of ether oxygens (including phenoxy) is 1. The van der Waals surface area contributed by atoms with Crippen LogP contribution in [-0.4, -0.2) is 7.11 Å². The van der Waals surface area contributed by atoms with Gasteiger partial charge in [0.05, 0.1) is 12.7 Å². The predicted octanol–water partition coefficient (Wildman–Crippen LogP) is 7.11. The Labute approximate surface area is 180 Å². The fraction of sp³-hybridized carbons (Fsp3) is 0.429. The van der Waals surface area contributed by atoms with E-state index in [1.54, 1.807) is 12.1 Å². The maximum Gasteiger partial charge on any atom is 0.142 e. The van der Waals surface area contributed by atoms with Crippen molar-refractivity contribution in [2.75, 3.05) is 7.11 Å². The summed E-state index contributed by atoms with van der Waals surface area (Å²) in [6, 6.07) is 13.4. The normalized spacial score (nSPS) is 26.0. The molecule has 0 bridgehead atoms. The molecule has 2 aromatic carbocycles. The predicted molar refractivity (Wildman–Crippen MR) is 121 cm³/mol. The number of fused-ring (bicyclic) bond motifs is 1. The SMILES string of the molecule is C/C=C/C1CCC2CC(c3ccc(C#Cc4ccc(OC)cc4F)cc3)CCC2C1. The first kappa shape index (κ1) is 20.7. The molecule has 0 amide bonds. The summed E-state index contributed by atoms with van der Waals surface area (Å²) in [5, 5.41) is 0. The van der Waals surface area contributed by atoms with Crippen LogP contribution in [0.4, 0.5) is 4.39 Å². The molecule has 30 heavy (non-hydrogen) atoms. The summed E-state index contributed by atoms with van der Waals surface area (Å²) in [6.45, 7) is 2.14. The molecular formula is C28H31FO. The van der Waals surface area contributed by atoms with Crippen molar-refractivity contribution < 1.29 is 9.13 Å². The lowest BCUT2D eigenvalue weighted by molar-refractivity contribution is 0.133. The van der Waals surface area contributed by atoms with E-state index < -0.39 is 0 Å². The van der Waals surface area contributed by atoms with E-state index in [1.807, 2.05) is 0 Å². The highest BCUT2D eigenvalue weighted by Crippen LogP contribution is 2.47. The van der Waals surface area contributed by atoms with Crippen LogP contribution in [0.15, 0.2) is 54.6 Å². The molecule has 4 rings (SSSR count). The summed E-state index contributed by atoms with van der Waals surface area (Å²) >= 11 is 0. The molecule has 0 aromatic heterocycles. The largest absolute Gasteiger partial charge is 0.497 e. The number of benzene rings is 2. The number of hydrogen-bond donors (Lipinski definition) is 0. The Balaban J connectivity index is 1.39. The van der Waals surface area contributed by atoms with Gasteiger partial charge >= 0.3 is 0 Å². The van der Waals surface area contributed by atoms with Crippen molar-refractivity contribution in [2.24, 2.45) is 17.8 Å². The van der Waals surface area contributed by atoms with Crippen LogP contribution in [0.3, 0.4) is 0 Å².